The molecule has 1 atom stereocenters. The lowest BCUT2D eigenvalue weighted by Crippen LogP contribution is -2.16. The minimum atomic E-state index is 0.260. The van der Waals surface area contributed by atoms with Gasteiger partial charge in [0.25, 0.3) is 0 Å². The summed E-state index contributed by atoms with van der Waals surface area (Å²) in [5.41, 5.74) is 10.9. The van der Waals surface area contributed by atoms with E-state index >= 15 is 0 Å². The van der Waals surface area contributed by atoms with Gasteiger partial charge in [0.15, 0.2) is 0 Å². The molecule has 1 unspecified atom stereocenters. The predicted molar refractivity (Wildman–Crippen MR) is 89.4 cm³/mol. The van der Waals surface area contributed by atoms with Crippen LogP contribution in [0.3, 0.4) is 0 Å². The molecule has 112 valence electrons. The number of benzene rings is 2. The van der Waals surface area contributed by atoms with Gasteiger partial charge >= 0.3 is 0 Å². The molecule has 0 aliphatic carbocycles. The van der Waals surface area contributed by atoms with Gasteiger partial charge in [0.1, 0.15) is 5.75 Å². The zero-order valence-electron chi connectivity index (χ0n) is 12.8. The second kappa shape index (κ2) is 6.97. The highest BCUT2D eigenvalue weighted by molar-refractivity contribution is 6.30. The van der Waals surface area contributed by atoms with Crippen molar-refractivity contribution >= 4 is 11.6 Å². The molecule has 0 saturated heterocycles. The van der Waals surface area contributed by atoms with Gasteiger partial charge in [0, 0.05) is 10.9 Å². The molecule has 21 heavy (non-hydrogen) atoms. The van der Waals surface area contributed by atoms with Crippen molar-refractivity contribution in [1.29, 1.82) is 0 Å². The summed E-state index contributed by atoms with van der Waals surface area (Å²) < 4.78 is 5.43. The average molecular weight is 304 g/mol. The maximum atomic E-state index is 6.11. The Bertz CT molecular complexity index is 604. The average Bonchev–Trinajstić information content (AvgIpc) is 2.43. The maximum Gasteiger partial charge on any atom is 0.122 e. The van der Waals surface area contributed by atoms with Crippen LogP contribution in [0.1, 0.15) is 28.2 Å². The van der Waals surface area contributed by atoms with Gasteiger partial charge in [-0.3, -0.25) is 0 Å². The van der Waals surface area contributed by atoms with Crippen molar-refractivity contribution in [3.8, 4) is 5.75 Å². The summed E-state index contributed by atoms with van der Waals surface area (Å²) in [5.74, 6) is 1.12. The number of aryl methyl sites for hydroxylation is 2. The van der Waals surface area contributed by atoms with E-state index in [0.29, 0.717) is 6.54 Å². The topological polar surface area (TPSA) is 35.2 Å². The second-order valence-electron chi connectivity index (χ2n) is 5.51. The number of rotatable bonds is 5. The van der Waals surface area contributed by atoms with E-state index in [4.69, 9.17) is 22.1 Å². The molecule has 0 amide bonds. The maximum absolute atomic E-state index is 6.11. The fourth-order valence-electron chi connectivity index (χ4n) is 2.76. The van der Waals surface area contributed by atoms with Crippen LogP contribution in [0.4, 0.5) is 0 Å². The van der Waals surface area contributed by atoms with Crippen molar-refractivity contribution in [2.75, 3.05) is 13.7 Å². The molecule has 2 rings (SSSR count). The first-order valence-electron chi connectivity index (χ1n) is 7.14. The minimum absolute atomic E-state index is 0.260. The molecule has 0 bridgehead atoms. The third-order valence-electron chi connectivity index (χ3n) is 3.71. The Labute approximate surface area is 131 Å². The van der Waals surface area contributed by atoms with Gasteiger partial charge < -0.3 is 10.5 Å². The normalized spacial score (nSPS) is 12.2. The Morgan fingerprint density at radius 3 is 2.33 bits per heavy atom. The Balaban J connectivity index is 2.32. The van der Waals surface area contributed by atoms with Crippen molar-refractivity contribution in [3.05, 3.63) is 63.7 Å². The molecule has 0 spiro atoms. The molecule has 2 aromatic rings. The summed E-state index contributed by atoms with van der Waals surface area (Å²) in [4.78, 5) is 0. The molecule has 0 saturated carbocycles. The molecular formula is C18H22ClNO. The van der Waals surface area contributed by atoms with Crippen LogP contribution in [0, 0.1) is 13.8 Å². The lowest BCUT2D eigenvalue weighted by atomic mass is 9.90. The van der Waals surface area contributed by atoms with Gasteiger partial charge in [-0.2, -0.15) is 0 Å². The van der Waals surface area contributed by atoms with Gasteiger partial charge in [-0.1, -0.05) is 40.9 Å². The largest absolute Gasteiger partial charge is 0.496 e. The van der Waals surface area contributed by atoms with E-state index < -0.39 is 0 Å². The lowest BCUT2D eigenvalue weighted by molar-refractivity contribution is 0.408. The third kappa shape index (κ3) is 3.99. The quantitative estimate of drug-likeness (QED) is 0.896. The molecule has 2 N–H and O–H groups in total. The van der Waals surface area contributed by atoms with E-state index in [1.54, 1.807) is 7.11 Å². The van der Waals surface area contributed by atoms with Gasteiger partial charge in [-0.15, -0.1) is 0 Å². The van der Waals surface area contributed by atoms with Gasteiger partial charge in [0.2, 0.25) is 0 Å². The molecule has 0 heterocycles. The van der Waals surface area contributed by atoms with Crippen molar-refractivity contribution in [2.45, 2.75) is 26.2 Å². The summed E-state index contributed by atoms with van der Waals surface area (Å²) in [5, 5.41) is 0.724. The molecule has 0 radical (unpaired) electrons. The van der Waals surface area contributed by atoms with Gasteiger partial charge in [-0.25, -0.2) is 0 Å². The van der Waals surface area contributed by atoms with Crippen LogP contribution in [-0.4, -0.2) is 13.7 Å². The molecule has 2 aromatic carbocycles. The highest BCUT2D eigenvalue weighted by Crippen LogP contribution is 2.29. The standard InChI is InChI=1S/C18H22ClNO/c1-12-6-13(2)8-14(7-12)16(11-20)9-15-10-17(19)4-5-18(15)21-3/h4-8,10,16H,9,11,20H2,1-3H3. The van der Waals surface area contributed by atoms with Crippen molar-refractivity contribution in [1.82, 2.24) is 0 Å². The zero-order chi connectivity index (χ0) is 15.4. The highest BCUT2D eigenvalue weighted by Gasteiger charge is 2.15. The number of ether oxygens (including phenoxy) is 1. The van der Waals surface area contributed by atoms with Crippen LogP contribution >= 0.6 is 11.6 Å². The van der Waals surface area contributed by atoms with E-state index in [-0.39, 0.29) is 5.92 Å². The molecule has 0 fully saturated rings. The number of hydrogen-bond donors (Lipinski definition) is 1. The van der Waals surface area contributed by atoms with Crippen LogP contribution in [0.25, 0.3) is 0 Å². The van der Waals surface area contributed by atoms with E-state index in [9.17, 15) is 0 Å². The van der Waals surface area contributed by atoms with Crippen LogP contribution in [-0.2, 0) is 6.42 Å². The van der Waals surface area contributed by atoms with Crippen LogP contribution < -0.4 is 10.5 Å². The monoisotopic (exact) mass is 303 g/mol. The molecule has 0 aliphatic heterocycles. The Hall–Kier alpha value is -1.51. The molecule has 0 aromatic heterocycles. The second-order valence-corrected chi connectivity index (χ2v) is 5.95. The summed E-state index contributed by atoms with van der Waals surface area (Å²) in [7, 11) is 1.68. The zero-order valence-corrected chi connectivity index (χ0v) is 13.6. The number of methoxy groups -OCH3 is 1. The number of hydrogen-bond acceptors (Lipinski definition) is 2. The van der Waals surface area contributed by atoms with E-state index in [0.717, 1.165) is 22.8 Å². The molecule has 3 heteroatoms. The Morgan fingerprint density at radius 2 is 1.76 bits per heavy atom. The predicted octanol–water partition coefficient (Wildman–Crippen LogP) is 4.25. The van der Waals surface area contributed by atoms with Gasteiger partial charge in [0.05, 0.1) is 7.11 Å². The SMILES string of the molecule is COc1ccc(Cl)cc1CC(CN)c1cc(C)cc(C)c1. The summed E-state index contributed by atoms with van der Waals surface area (Å²) in [6, 6.07) is 12.3. The van der Waals surface area contributed by atoms with E-state index in [1.165, 1.54) is 16.7 Å². The van der Waals surface area contributed by atoms with E-state index in [2.05, 4.69) is 32.0 Å². The van der Waals surface area contributed by atoms with Crippen molar-refractivity contribution < 1.29 is 4.74 Å². The van der Waals surface area contributed by atoms with Crippen molar-refractivity contribution in [3.63, 3.8) is 0 Å². The molecular weight excluding hydrogens is 282 g/mol. The minimum Gasteiger partial charge on any atom is -0.496 e. The first-order valence-corrected chi connectivity index (χ1v) is 7.52. The first-order chi connectivity index (χ1) is 10.0. The highest BCUT2D eigenvalue weighted by atomic mass is 35.5. The Kier molecular flexibility index (Phi) is 5.27. The summed E-state index contributed by atoms with van der Waals surface area (Å²) in [6.45, 7) is 4.83. The summed E-state index contributed by atoms with van der Waals surface area (Å²) >= 11 is 6.11. The van der Waals surface area contributed by atoms with Gasteiger partial charge in [-0.05, 0) is 56.1 Å². The fraction of sp³-hybridized carbons (Fsp3) is 0.333. The first kappa shape index (κ1) is 15.9. The molecule has 2 nitrogen and oxygen atoms in total. The van der Waals surface area contributed by atoms with Crippen LogP contribution in [0.5, 0.6) is 5.75 Å². The molecule has 0 aliphatic rings. The number of halogens is 1. The van der Waals surface area contributed by atoms with E-state index in [1.807, 2.05) is 18.2 Å². The van der Waals surface area contributed by atoms with Crippen molar-refractivity contribution in [2.24, 2.45) is 5.73 Å². The lowest BCUT2D eigenvalue weighted by Gasteiger charge is -2.18. The van der Waals surface area contributed by atoms with Crippen LogP contribution in [0.2, 0.25) is 5.02 Å². The fourth-order valence-corrected chi connectivity index (χ4v) is 2.95. The third-order valence-corrected chi connectivity index (χ3v) is 3.94. The number of nitrogens with two attached hydrogens (primary N) is 1. The van der Waals surface area contributed by atoms with Crippen LogP contribution in [0.15, 0.2) is 36.4 Å². The summed E-state index contributed by atoms with van der Waals surface area (Å²) in [6.07, 6.45) is 0.823. The Morgan fingerprint density at radius 1 is 1.10 bits per heavy atom. The smallest absolute Gasteiger partial charge is 0.122 e.